The lowest BCUT2D eigenvalue weighted by Crippen LogP contribution is -2.09. The number of fused-ring (bicyclic) bond motifs is 1. The van der Waals surface area contributed by atoms with Crippen molar-refractivity contribution in [1.82, 2.24) is 9.66 Å². The Kier molecular flexibility index (Phi) is 2.76. The van der Waals surface area contributed by atoms with E-state index >= 15 is 0 Å². The molecule has 4 nitrogen and oxygen atoms in total. The van der Waals surface area contributed by atoms with E-state index in [0.717, 1.165) is 28.5 Å². The van der Waals surface area contributed by atoms with Crippen molar-refractivity contribution in [3.05, 3.63) is 36.0 Å². The van der Waals surface area contributed by atoms with Gasteiger partial charge < -0.3 is 0 Å². The Hall–Kier alpha value is -1.88. The normalized spacial score (nSPS) is 13.9. The van der Waals surface area contributed by atoms with E-state index in [9.17, 15) is 4.79 Å². The number of thioether (sulfide) groups is 1. The number of benzene rings is 1. The van der Waals surface area contributed by atoms with Crippen LogP contribution in [-0.4, -0.2) is 27.4 Å². The van der Waals surface area contributed by atoms with Gasteiger partial charge in [0.15, 0.2) is 11.4 Å². The van der Waals surface area contributed by atoms with Crippen molar-refractivity contribution in [3.63, 3.8) is 0 Å². The van der Waals surface area contributed by atoms with Crippen molar-refractivity contribution in [2.75, 3.05) is 5.75 Å². The molecule has 0 atom stereocenters. The molecule has 3 rings (SSSR count). The lowest BCUT2D eigenvalue weighted by molar-refractivity contribution is 0.111. The molecule has 0 aliphatic carbocycles. The van der Waals surface area contributed by atoms with Gasteiger partial charge in [-0.25, -0.2) is 9.66 Å². The SMILES string of the molecule is CC1=Nn2c(nc(-c3ccccc3)c2C=O)SC1. The second kappa shape index (κ2) is 4.42. The van der Waals surface area contributed by atoms with Crippen molar-refractivity contribution < 1.29 is 4.79 Å². The molecule has 1 aromatic carbocycles. The van der Waals surface area contributed by atoms with Crippen molar-refractivity contribution in [2.45, 2.75) is 12.1 Å². The summed E-state index contributed by atoms with van der Waals surface area (Å²) in [4.78, 5) is 15.8. The first-order valence-electron chi connectivity index (χ1n) is 5.60. The average Bonchev–Trinajstić information content (AvgIpc) is 2.77. The lowest BCUT2D eigenvalue weighted by atomic mass is 10.1. The van der Waals surface area contributed by atoms with E-state index < -0.39 is 0 Å². The number of rotatable bonds is 2. The Morgan fingerprint density at radius 1 is 1.33 bits per heavy atom. The van der Waals surface area contributed by atoms with Crippen LogP contribution in [0.15, 0.2) is 40.6 Å². The number of carbonyl (C=O) groups excluding carboxylic acids is 1. The van der Waals surface area contributed by atoms with Gasteiger partial charge in [0.2, 0.25) is 0 Å². The molecule has 0 amide bonds. The van der Waals surface area contributed by atoms with E-state index in [2.05, 4.69) is 10.1 Å². The summed E-state index contributed by atoms with van der Waals surface area (Å²) in [6.07, 6.45) is 0.821. The average molecular weight is 257 g/mol. The highest BCUT2D eigenvalue weighted by atomic mass is 32.2. The van der Waals surface area contributed by atoms with Gasteiger partial charge in [0.05, 0.1) is 0 Å². The van der Waals surface area contributed by atoms with Gasteiger partial charge in [-0.2, -0.15) is 5.10 Å². The Labute approximate surface area is 109 Å². The smallest absolute Gasteiger partial charge is 0.190 e. The van der Waals surface area contributed by atoms with Crippen LogP contribution in [0.3, 0.4) is 0 Å². The predicted octanol–water partition coefficient (Wildman–Crippen LogP) is 2.69. The summed E-state index contributed by atoms with van der Waals surface area (Å²) in [5.74, 6) is 0.823. The number of imidazole rings is 1. The van der Waals surface area contributed by atoms with Crippen LogP contribution in [0.1, 0.15) is 17.4 Å². The standard InChI is InChI=1S/C13H11N3OS/c1-9-8-18-13-14-12(10-5-3-2-4-6-10)11(7-17)16(13)15-9/h2-7H,8H2,1H3. The number of hydrogen-bond acceptors (Lipinski definition) is 4. The molecule has 0 bridgehead atoms. The third kappa shape index (κ3) is 1.76. The maximum absolute atomic E-state index is 11.3. The fourth-order valence-electron chi connectivity index (χ4n) is 1.88. The van der Waals surface area contributed by atoms with Gasteiger partial charge in [0, 0.05) is 17.0 Å². The molecular weight excluding hydrogens is 246 g/mol. The van der Waals surface area contributed by atoms with Crippen LogP contribution in [0.4, 0.5) is 0 Å². The minimum atomic E-state index is 0.516. The van der Waals surface area contributed by atoms with Gasteiger partial charge in [0.1, 0.15) is 11.4 Å². The Morgan fingerprint density at radius 2 is 2.11 bits per heavy atom. The number of aromatic nitrogens is 2. The van der Waals surface area contributed by atoms with Crippen LogP contribution in [-0.2, 0) is 0 Å². The van der Waals surface area contributed by atoms with E-state index in [-0.39, 0.29) is 0 Å². The molecule has 5 heteroatoms. The zero-order valence-electron chi connectivity index (χ0n) is 9.83. The second-order valence-corrected chi connectivity index (χ2v) is 4.99. The van der Waals surface area contributed by atoms with Crippen LogP contribution >= 0.6 is 11.8 Å². The summed E-state index contributed by atoms with van der Waals surface area (Å²) in [5, 5.41) is 5.16. The summed E-state index contributed by atoms with van der Waals surface area (Å²) in [5.41, 5.74) is 3.15. The highest BCUT2D eigenvalue weighted by molar-refractivity contribution is 7.99. The van der Waals surface area contributed by atoms with Gasteiger partial charge in [-0.05, 0) is 6.92 Å². The predicted molar refractivity (Wildman–Crippen MR) is 72.3 cm³/mol. The van der Waals surface area contributed by atoms with Crippen molar-refractivity contribution in [2.24, 2.45) is 5.10 Å². The third-order valence-corrected chi connectivity index (χ3v) is 3.78. The first-order chi connectivity index (χ1) is 8.79. The fraction of sp³-hybridized carbons (Fsp3) is 0.154. The fourth-order valence-corrected chi connectivity index (χ4v) is 2.69. The lowest BCUT2D eigenvalue weighted by Gasteiger charge is -2.09. The summed E-state index contributed by atoms with van der Waals surface area (Å²) >= 11 is 1.60. The molecular formula is C13H11N3OS. The highest BCUT2D eigenvalue weighted by Crippen LogP contribution is 2.30. The van der Waals surface area contributed by atoms with Crippen LogP contribution in [0, 0.1) is 0 Å². The van der Waals surface area contributed by atoms with Gasteiger partial charge in [-0.15, -0.1) is 0 Å². The summed E-state index contributed by atoms with van der Waals surface area (Å²) in [6, 6.07) is 9.70. The third-order valence-electron chi connectivity index (χ3n) is 2.70. The van der Waals surface area contributed by atoms with Crippen molar-refractivity contribution in [3.8, 4) is 11.3 Å². The molecule has 0 saturated carbocycles. The van der Waals surface area contributed by atoms with Gasteiger partial charge in [-0.3, -0.25) is 4.79 Å². The van der Waals surface area contributed by atoms with E-state index in [0.29, 0.717) is 11.4 Å². The Morgan fingerprint density at radius 3 is 2.83 bits per heavy atom. The number of nitrogens with zero attached hydrogens (tertiary/aromatic N) is 3. The summed E-state index contributed by atoms with van der Waals surface area (Å²) in [7, 11) is 0. The number of carbonyl (C=O) groups is 1. The molecule has 0 spiro atoms. The molecule has 1 aromatic heterocycles. The monoisotopic (exact) mass is 257 g/mol. The Balaban J connectivity index is 2.21. The van der Waals surface area contributed by atoms with Crippen molar-refractivity contribution in [1.29, 1.82) is 0 Å². The Bertz CT molecular complexity index is 631. The van der Waals surface area contributed by atoms with E-state index in [4.69, 9.17) is 0 Å². The molecule has 90 valence electrons. The van der Waals surface area contributed by atoms with E-state index in [1.807, 2.05) is 37.3 Å². The molecule has 0 fully saturated rings. The van der Waals surface area contributed by atoms with Crippen LogP contribution in [0.2, 0.25) is 0 Å². The molecule has 2 aromatic rings. The topological polar surface area (TPSA) is 47.2 Å². The molecule has 0 unspecified atom stereocenters. The van der Waals surface area contributed by atoms with Gasteiger partial charge in [0.25, 0.3) is 0 Å². The quantitative estimate of drug-likeness (QED) is 0.777. The minimum Gasteiger partial charge on any atom is -0.296 e. The summed E-state index contributed by atoms with van der Waals surface area (Å²) < 4.78 is 1.64. The van der Waals surface area contributed by atoms with Crippen LogP contribution in [0.5, 0.6) is 0 Å². The highest BCUT2D eigenvalue weighted by Gasteiger charge is 2.21. The molecule has 1 aliphatic rings. The minimum absolute atomic E-state index is 0.516. The van der Waals surface area contributed by atoms with Crippen molar-refractivity contribution >= 4 is 23.8 Å². The first kappa shape index (κ1) is 11.2. The van der Waals surface area contributed by atoms with E-state index in [1.165, 1.54) is 0 Å². The largest absolute Gasteiger partial charge is 0.296 e. The molecule has 0 radical (unpaired) electrons. The first-order valence-corrected chi connectivity index (χ1v) is 6.59. The molecule has 1 aliphatic heterocycles. The molecule has 0 N–H and O–H groups in total. The van der Waals surface area contributed by atoms with Gasteiger partial charge >= 0.3 is 0 Å². The van der Waals surface area contributed by atoms with Crippen LogP contribution < -0.4 is 0 Å². The zero-order chi connectivity index (χ0) is 12.5. The summed E-state index contributed by atoms with van der Waals surface area (Å²) in [6.45, 7) is 1.95. The molecule has 0 saturated heterocycles. The molecule has 18 heavy (non-hydrogen) atoms. The molecule has 2 heterocycles. The number of aldehydes is 1. The van der Waals surface area contributed by atoms with Gasteiger partial charge in [-0.1, -0.05) is 42.1 Å². The second-order valence-electron chi connectivity index (χ2n) is 4.05. The van der Waals surface area contributed by atoms with E-state index in [1.54, 1.807) is 16.4 Å². The zero-order valence-corrected chi connectivity index (χ0v) is 10.6. The maximum atomic E-state index is 11.3. The number of hydrogen-bond donors (Lipinski definition) is 0. The maximum Gasteiger partial charge on any atom is 0.190 e. The van der Waals surface area contributed by atoms with Crippen LogP contribution in [0.25, 0.3) is 11.3 Å².